The summed E-state index contributed by atoms with van der Waals surface area (Å²) in [4.78, 5) is 26.6. The van der Waals surface area contributed by atoms with Gasteiger partial charge in [-0.25, -0.2) is 4.39 Å². The van der Waals surface area contributed by atoms with Crippen molar-refractivity contribution in [3.63, 3.8) is 0 Å². The maximum absolute atomic E-state index is 13.3. The van der Waals surface area contributed by atoms with Crippen LogP contribution in [0.2, 0.25) is 0 Å². The van der Waals surface area contributed by atoms with Crippen LogP contribution in [-0.4, -0.2) is 36.9 Å². The van der Waals surface area contributed by atoms with Crippen molar-refractivity contribution in [3.05, 3.63) is 59.3 Å². The van der Waals surface area contributed by atoms with Gasteiger partial charge in [-0.2, -0.15) is 0 Å². The van der Waals surface area contributed by atoms with E-state index in [1.807, 2.05) is 0 Å². The molecular formula is C20H24FN3O3. The molecule has 3 rings (SSSR count). The van der Waals surface area contributed by atoms with E-state index in [0.29, 0.717) is 5.76 Å². The van der Waals surface area contributed by atoms with Gasteiger partial charge < -0.3 is 15.1 Å². The highest BCUT2D eigenvalue weighted by molar-refractivity contribution is 5.91. The van der Waals surface area contributed by atoms with Gasteiger partial charge in [0.2, 0.25) is 5.91 Å². The standard InChI is InChI=1S/C20H24FN3O3/c1-22-19(25)17-10-9-16(27-17)13-23-20(26)18(24-11-3-2-4-12-24)14-5-7-15(21)8-6-14/h5-10,18H,2-4,11-13H2,1H3,(H,22,25)(H,23,26). The molecule has 1 aromatic heterocycles. The lowest BCUT2D eigenvalue weighted by atomic mass is 10.0. The molecule has 6 nitrogen and oxygen atoms in total. The van der Waals surface area contributed by atoms with Gasteiger partial charge in [-0.05, 0) is 55.8 Å². The Balaban J connectivity index is 1.71. The number of furan rings is 1. The zero-order chi connectivity index (χ0) is 19.2. The minimum atomic E-state index is -0.473. The molecule has 1 atom stereocenters. The Bertz CT molecular complexity index is 782. The van der Waals surface area contributed by atoms with Crippen LogP contribution in [0.25, 0.3) is 0 Å². The van der Waals surface area contributed by atoms with Crippen LogP contribution in [0.4, 0.5) is 4.39 Å². The van der Waals surface area contributed by atoms with E-state index >= 15 is 0 Å². The number of hydrogen-bond donors (Lipinski definition) is 2. The predicted molar refractivity (Wildman–Crippen MR) is 98.5 cm³/mol. The number of carbonyl (C=O) groups excluding carboxylic acids is 2. The Labute approximate surface area is 157 Å². The third kappa shape index (κ3) is 4.74. The molecule has 1 fully saturated rings. The number of hydrogen-bond acceptors (Lipinski definition) is 4. The predicted octanol–water partition coefficient (Wildman–Crippen LogP) is 2.62. The molecule has 27 heavy (non-hydrogen) atoms. The highest BCUT2D eigenvalue weighted by Gasteiger charge is 2.28. The number of piperidine rings is 1. The van der Waals surface area contributed by atoms with Crippen molar-refractivity contribution in [2.75, 3.05) is 20.1 Å². The molecule has 1 aliphatic heterocycles. The average Bonchev–Trinajstić information content (AvgIpc) is 3.17. The van der Waals surface area contributed by atoms with E-state index in [4.69, 9.17) is 4.42 Å². The van der Waals surface area contributed by atoms with Crippen LogP contribution in [0.5, 0.6) is 0 Å². The second kappa shape index (κ2) is 8.81. The average molecular weight is 373 g/mol. The summed E-state index contributed by atoms with van der Waals surface area (Å²) >= 11 is 0. The van der Waals surface area contributed by atoms with E-state index in [1.165, 1.54) is 19.2 Å². The van der Waals surface area contributed by atoms with Crippen LogP contribution < -0.4 is 10.6 Å². The van der Waals surface area contributed by atoms with Crippen LogP contribution in [0.15, 0.2) is 40.8 Å². The molecule has 2 heterocycles. The number of carbonyl (C=O) groups is 2. The van der Waals surface area contributed by atoms with Gasteiger partial charge in [0.05, 0.1) is 6.54 Å². The van der Waals surface area contributed by atoms with Gasteiger partial charge >= 0.3 is 0 Å². The number of amides is 2. The van der Waals surface area contributed by atoms with Crippen molar-refractivity contribution in [1.82, 2.24) is 15.5 Å². The largest absolute Gasteiger partial charge is 0.454 e. The topological polar surface area (TPSA) is 74.6 Å². The maximum atomic E-state index is 13.3. The second-order valence-corrected chi connectivity index (χ2v) is 6.61. The van der Waals surface area contributed by atoms with E-state index in [0.717, 1.165) is 37.9 Å². The van der Waals surface area contributed by atoms with Gasteiger partial charge in [0.1, 0.15) is 17.6 Å². The first-order valence-electron chi connectivity index (χ1n) is 9.16. The molecular weight excluding hydrogens is 349 g/mol. The lowest BCUT2D eigenvalue weighted by Gasteiger charge is -2.33. The third-order valence-corrected chi connectivity index (χ3v) is 4.74. The summed E-state index contributed by atoms with van der Waals surface area (Å²) in [6, 6.07) is 8.83. The summed E-state index contributed by atoms with van der Waals surface area (Å²) < 4.78 is 18.7. The number of nitrogens with one attached hydrogen (secondary N) is 2. The zero-order valence-corrected chi connectivity index (χ0v) is 15.3. The monoisotopic (exact) mass is 373 g/mol. The molecule has 0 spiro atoms. The third-order valence-electron chi connectivity index (χ3n) is 4.74. The number of nitrogens with zero attached hydrogens (tertiary/aromatic N) is 1. The molecule has 0 aliphatic carbocycles. The van der Waals surface area contributed by atoms with Crippen LogP contribution >= 0.6 is 0 Å². The first kappa shape index (κ1) is 19.1. The summed E-state index contributed by atoms with van der Waals surface area (Å²) in [6.45, 7) is 1.84. The van der Waals surface area contributed by atoms with Gasteiger partial charge in [0, 0.05) is 7.05 Å². The molecule has 2 aromatic rings. The van der Waals surface area contributed by atoms with E-state index in [1.54, 1.807) is 24.3 Å². The molecule has 1 aromatic carbocycles. The number of halogens is 1. The van der Waals surface area contributed by atoms with Gasteiger partial charge in [-0.1, -0.05) is 18.6 Å². The highest BCUT2D eigenvalue weighted by Crippen LogP contribution is 2.25. The Morgan fingerprint density at radius 1 is 1.11 bits per heavy atom. The second-order valence-electron chi connectivity index (χ2n) is 6.61. The summed E-state index contributed by atoms with van der Waals surface area (Å²) in [5, 5.41) is 5.37. The molecule has 7 heteroatoms. The lowest BCUT2D eigenvalue weighted by molar-refractivity contribution is -0.127. The first-order valence-corrected chi connectivity index (χ1v) is 9.16. The summed E-state index contributed by atoms with van der Waals surface area (Å²) in [6.07, 6.45) is 3.24. The van der Waals surface area contributed by atoms with Crippen molar-refractivity contribution in [1.29, 1.82) is 0 Å². The Morgan fingerprint density at radius 3 is 2.48 bits per heavy atom. The molecule has 1 aliphatic rings. The van der Waals surface area contributed by atoms with Crippen LogP contribution in [-0.2, 0) is 11.3 Å². The molecule has 1 unspecified atom stereocenters. The van der Waals surface area contributed by atoms with Gasteiger partial charge in [-0.15, -0.1) is 0 Å². The van der Waals surface area contributed by atoms with E-state index in [-0.39, 0.29) is 29.9 Å². The Hall–Kier alpha value is -2.67. The highest BCUT2D eigenvalue weighted by atomic mass is 19.1. The van der Waals surface area contributed by atoms with Crippen LogP contribution in [0, 0.1) is 5.82 Å². The SMILES string of the molecule is CNC(=O)c1ccc(CNC(=O)C(c2ccc(F)cc2)N2CCCCC2)o1. The van der Waals surface area contributed by atoms with Crippen molar-refractivity contribution in [3.8, 4) is 0 Å². The Morgan fingerprint density at radius 2 is 1.81 bits per heavy atom. The minimum Gasteiger partial charge on any atom is -0.454 e. The fourth-order valence-electron chi connectivity index (χ4n) is 3.34. The fraction of sp³-hybridized carbons (Fsp3) is 0.400. The lowest BCUT2D eigenvalue weighted by Crippen LogP contribution is -2.42. The van der Waals surface area contributed by atoms with Gasteiger partial charge in [0.15, 0.2) is 5.76 Å². The molecule has 0 bridgehead atoms. The van der Waals surface area contributed by atoms with Crippen molar-refractivity contribution in [2.45, 2.75) is 31.8 Å². The van der Waals surface area contributed by atoms with Gasteiger partial charge in [-0.3, -0.25) is 14.5 Å². The van der Waals surface area contributed by atoms with Crippen LogP contribution in [0.3, 0.4) is 0 Å². The molecule has 1 saturated heterocycles. The molecule has 144 valence electrons. The summed E-state index contributed by atoms with van der Waals surface area (Å²) in [7, 11) is 1.53. The van der Waals surface area contributed by atoms with E-state index in [9.17, 15) is 14.0 Å². The zero-order valence-electron chi connectivity index (χ0n) is 15.3. The van der Waals surface area contributed by atoms with E-state index in [2.05, 4.69) is 15.5 Å². The fourth-order valence-corrected chi connectivity index (χ4v) is 3.34. The first-order chi connectivity index (χ1) is 13.1. The normalized spacial score (nSPS) is 15.9. The van der Waals surface area contributed by atoms with Gasteiger partial charge in [0.25, 0.3) is 5.91 Å². The van der Waals surface area contributed by atoms with Crippen molar-refractivity contribution in [2.24, 2.45) is 0 Å². The number of likely N-dealkylation sites (tertiary alicyclic amines) is 1. The minimum absolute atomic E-state index is 0.165. The number of rotatable bonds is 6. The molecule has 2 amide bonds. The van der Waals surface area contributed by atoms with Crippen molar-refractivity contribution >= 4 is 11.8 Å². The summed E-state index contributed by atoms with van der Waals surface area (Å²) in [5.74, 6) is -0.105. The smallest absolute Gasteiger partial charge is 0.286 e. The molecule has 2 N–H and O–H groups in total. The van der Waals surface area contributed by atoms with Crippen molar-refractivity contribution < 1.29 is 18.4 Å². The molecule has 0 saturated carbocycles. The maximum Gasteiger partial charge on any atom is 0.286 e. The van der Waals surface area contributed by atoms with Crippen LogP contribution in [0.1, 0.15) is 47.2 Å². The van der Waals surface area contributed by atoms with E-state index < -0.39 is 6.04 Å². The number of benzene rings is 1. The summed E-state index contributed by atoms with van der Waals surface area (Å²) in [5.41, 5.74) is 0.765. The molecule has 0 radical (unpaired) electrons. The Kier molecular flexibility index (Phi) is 6.24. The quantitative estimate of drug-likeness (QED) is 0.816.